The fourth-order valence-electron chi connectivity index (χ4n) is 5.36. The minimum Gasteiger partial charge on any atom is -0.408 e. The Morgan fingerprint density at radius 1 is 0.333 bits per heavy atom. The summed E-state index contributed by atoms with van der Waals surface area (Å²) in [5.74, 6) is 0. The standard InChI is InChI=1S/C32H30O2Si2/c1-33-35(27-16-7-3-8-17-27,28-18-9-4-10-19-28)31-24-15-25-32(26-31)36(34-2,29-20-11-5-12-21-29)30-22-13-6-14-23-30/h3-26H,1-2H3. The molecule has 0 unspecified atom stereocenters. The molecule has 4 heteroatoms. The molecule has 0 radical (unpaired) electrons. The molecule has 0 amide bonds. The van der Waals surface area contributed by atoms with Crippen LogP contribution < -0.4 is 31.1 Å². The molecule has 0 N–H and O–H groups in total. The lowest BCUT2D eigenvalue weighted by molar-refractivity contribution is 0.426. The first-order valence-corrected chi connectivity index (χ1v) is 16.0. The average Bonchev–Trinajstić information content (AvgIpc) is 2.97. The van der Waals surface area contributed by atoms with Gasteiger partial charge in [-0.2, -0.15) is 0 Å². The number of hydrogen-bond acceptors (Lipinski definition) is 2. The molecule has 36 heavy (non-hydrogen) atoms. The monoisotopic (exact) mass is 502 g/mol. The van der Waals surface area contributed by atoms with E-state index < -0.39 is 16.6 Å². The second kappa shape index (κ2) is 10.6. The maximum Gasteiger partial charge on any atom is 0.287 e. The van der Waals surface area contributed by atoms with Crippen molar-refractivity contribution in [3.8, 4) is 0 Å². The highest BCUT2D eigenvalue weighted by molar-refractivity contribution is 7.09. The Morgan fingerprint density at radius 3 is 0.833 bits per heavy atom. The third-order valence-electron chi connectivity index (χ3n) is 7.01. The zero-order chi connectivity index (χ0) is 24.8. The minimum absolute atomic E-state index is 1.21. The van der Waals surface area contributed by atoms with Gasteiger partial charge in [0.25, 0.3) is 16.6 Å². The van der Waals surface area contributed by atoms with E-state index in [1.165, 1.54) is 31.1 Å². The van der Waals surface area contributed by atoms with Crippen LogP contribution in [0, 0.1) is 0 Å². The van der Waals surface area contributed by atoms with Gasteiger partial charge >= 0.3 is 0 Å². The molecule has 0 atom stereocenters. The van der Waals surface area contributed by atoms with Gasteiger partial charge in [-0.15, -0.1) is 0 Å². The van der Waals surface area contributed by atoms with Crippen molar-refractivity contribution in [2.24, 2.45) is 0 Å². The van der Waals surface area contributed by atoms with Crippen molar-refractivity contribution < 1.29 is 8.85 Å². The summed E-state index contributed by atoms with van der Waals surface area (Å²) in [4.78, 5) is 0. The van der Waals surface area contributed by atoms with Gasteiger partial charge in [0.15, 0.2) is 0 Å². The quantitative estimate of drug-likeness (QED) is 0.240. The Kier molecular flexibility index (Phi) is 7.12. The van der Waals surface area contributed by atoms with Crippen LogP contribution in [0.4, 0.5) is 0 Å². The number of rotatable bonds is 8. The van der Waals surface area contributed by atoms with E-state index in [4.69, 9.17) is 8.85 Å². The van der Waals surface area contributed by atoms with E-state index in [1.807, 2.05) is 14.2 Å². The maximum atomic E-state index is 6.62. The van der Waals surface area contributed by atoms with Gasteiger partial charge in [-0.05, 0) is 31.1 Å². The van der Waals surface area contributed by atoms with Crippen LogP contribution in [0.3, 0.4) is 0 Å². The molecule has 5 rings (SSSR count). The van der Waals surface area contributed by atoms with Crippen LogP contribution in [0.5, 0.6) is 0 Å². The van der Waals surface area contributed by atoms with Gasteiger partial charge in [0.05, 0.1) is 0 Å². The average molecular weight is 503 g/mol. The summed E-state index contributed by atoms with van der Waals surface area (Å²) in [5, 5.41) is 7.31. The first kappa shape index (κ1) is 24.2. The molecule has 2 nitrogen and oxygen atoms in total. The smallest absolute Gasteiger partial charge is 0.287 e. The Hall–Kier alpha value is -3.55. The summed E-state index contributed by atoms with van der Waals surface area (Å²) in [5.41, 5.74) is 0. The predicted molar refractivity (Wildman–Crippen MR) is 156 cm³/mol. The third kappa shape index (κ3) is 4.08. The van der Waals surface area contributed by atoms with Gasteiger partial charge in [0.2, 0.25) is 0 Å². The number of benzene rings is 5. The fraction of sp³-hybridized carbons (Fsp3) is 0.0625. The lowest BCUT2D eigenvalue weighted by Gasteiger charge is -2.35. The van der Waals surface area contributed by atoms with Crippen molar-refractivity contribution in [1.29, 1.82) is 0 Å². The summed E-state index contributed by atoms with van der Waals surface area (Å²) < 4.78 is 13.2. The second-order valence-corrected chi connectivity index (χ2v) is 15.8. The Labute approximate surface area is 216 Å². The SMILES string of the molecule is CO[Si](c1ccccc1)(c1ccccc1)c1cccc([Si](OC)(c2ccccc2)c2ccccc2)c1. The molecule has 0 fully saturated rings. The largest absolute Gasteiger partial charge is 0.408 e. The number of hydrogen-bond donors (Lipinski definition) is 0. The topological polar surface area (TPSA) is 18.5 Å². The summed E-state index contributed by atoms with van der Waals surface area (Å²) in [6.45, 7) is 0. The van der Waals surface area contributed by atoms with Crippen molar-refractivity contribution in [2.75, 3.05) is 14.2 Å². The van der Waals surface area contributed by atoms with Crippen LogP contribution in [-0.2, 0) is 8.85 Å². The zero-order valence-electron chi connectivity index (χ0n) is 20.7. The second-order valence-electron chi connectivity index (χ2n) is 8.82. The van der Waals surface area contributed by atoms with Gasteiger partial charge in [-0.3, -0.25) is 0 Å². The van der Waals surface area contributed by atoms with E-state index in [2.05, 4.69) is 146 Å². The molecule has 0 spiro atoms. The molecule has 0 saturated carbocycles. The van der Waals surface area contributed by atoms with E-state index in [1.54, 1.807) is 0 Å². The van der Waals surface area contributed by atoms with Gasteiger partial charge in [0, 0.05) is 14.2 Å². The molecule has 178 valence electrons. The molecule has 0 aliphatic carbocycles. The molecule has 0 aliphatic rings. The molecule has 0 aromatic heterocycles. The van der Waals surface area contributed by atoms with Crippen LogP contribution in [0.2, 0.25) is 0 Å². The fourth-order valence-corrected chi connectivity index (χ4v) is 12.9. The lowest BCUT2D eigenvalue weighted by atomic mass is 10.3. The van der Waals surface area contributed by atoms with Crippen LogP contribution >= 0.6 is 0 Å². The van der Waals surface area contributed by atoms with Gasteiger partial charge in [-0.25, -0.2) is 0 Å². The van der Waals surface area contributed by atoms with Crippen LogP contribution in [0.1, 0.15) is 0 Å². The van der Waals surface area contributed by atoms with Gasteiger partial charge in [0.1, 0.15) is 0 Å². The van der Waals surface area contributed by atoms with Crippen molar-refractivity contribution in [3.05, 3.63) is 146 Å². The van der Waals surface area contributed by atoms with E-state index in [9.17, 15) is 0 Å². The summed E-state index contributed by atoms with van der Waals surface area (Å²) in [6, 6.07) is 51.6. The summed E-state index contributed by atoms with van der Waals surface area (Å²) in [7, 11) is -1.80. The highest BCUT2D eigenvalue weighted by Gasteiger charge is 2.45. The van der Waals surface area contributed by atoms with E-state index >= 15 is 0 Å². The van der Waals surface area contributed by atoms with E-state index in [0.717, 1.165) is 0 Å². The molecular formula is C32H30O2Si2. The molecule has 0 heterocycles. The Bertz CT molecular complexity index is 1210. The summed E-state index contributed by atoms with van der Waals surface area (Å²) >= 11 is 0. The van der Waals surface area contributed by atoms with E-state index in [0.29, 0.717) is 0 Å². The van der Waals surface area contributed by atoms with Crippen molar-refractivity contribution >= 4 is 47.8 Å². The van der Waals surface area contributed by atoms with Crippen molar-refractivity contribution in [1.82, 2.24) is 0 Å². The van der Waals surface area contributed by atoms with Crippen molar-refractivity contribution in [3.63, 3.8) is 0 Å². The maximum absolute atomic E-state index is 6.62. The van der Waals surface area contributed by atoms with Gasteiger partial charge in [-0.1, -0.05) is 146 Å². The molecule has 0 aliphatic heterocycles. The van der Waals surface area contributed by atoms with Crippen LogP contribution in [-0.4, -0.2) is 30.9 Å². The first-order chi connectivity index (χ1) is 17.8. The molecule has 5 aromatic rings. The normalized spacial score (nSPS) is 11.8. The molecule has 5 aromatic carbocycles. The minimum atomic E-state index is -2.76. The molecular weight excluding hydrogens is 473 g/mol. The van der Waals surface area contributed by atoms with Crippen LogP contribution in [0.15, 0.2) is 146 Å². The van der Waals surface area contributed by atoms with E-state index in [-0.39, 0.29) is 0 Å². The van der Waals surface area contributed by atoms with Crippen molar-refractivity contribution in [2.45, 2.75) is 0 Å². The predicted octanol–water partition coefficient (Wildman–Crippen LogP) is 2.91. The lowest BCUT2D eigenvalue weighted by Crippen LogP contribution is -2.72. The first-order valence-electron chi connectivity index (χ1n) is 12.2. The van der Waals surface area contributed by atoms with Gasteiger partial charge < -0.3 is 8.85 Å². The molecule has 0 saturated heterocycles. The Morgan fingerprint density at radius 2 is 0.583 bits per heavy atom. The van der Waals surface area contributed by atoms with Crippen LogP contribution in [0.25, 0.3) is 0 Å². The zero-order valence-corrected chi connectivity index (χ0v) is 22.7. The highest BCUT2D eigenvalue weighted by Crippen LogP contribution is 2.12. The highest BCUT2D eigenvalue weighted by atomic mass is 28.4. The third-order valence-corrected chi connectivity index (χ3v) is 15.1. The molecule has 0 bridgehead atoms. The Balaban J connectivity index is 1.80. The summed E-state index contributed by atoms with van der Waals surface area (Å²) in [6.07, 6.45) is 0.